The van der Waals surface area contributed by atoms with Gasteiger partial charge in [-0.25, -0.2) is 4.98 Å². The first-order chi connectivity index (χ1) is 14.4. The van der Waals surface area contributed by atoms with Gasteiger partial charge in [0.05, 0.1) is 12.8 Å². The fraction of sp³-hybridized carbons (Fsp3) is 0.435. The van der Waals surface area contributed by atoms with Crippen molar-refractivity contribution in [2.75, 3.05) is 19.0 Å². The van der Waals surface area contributed by atoms with E-state index in [1.165, 1.54) is 0 Å². The van der Waals surface area contributed by atoms with Crippen molar-refractivity contribution in [1.29, 1.82) is 0 Å². The number of nitrogens with one attached hydrogen (secondary N) is 1. The normalized spacial score (nSPS) is 21.6. The molecule has 2 heterocycles. The van der Waals surface area contributed by atoms with E-state index < -0.39 is 0 Å². The van der Waals surface area contributed by atoms with Crippen LogP contribution in [0.15, 0.2) is 36.8 Å². The van der Waals surface area contributed by atoms with Crippen molar-refractivity contribution in [2.45, 2.75) is 32.1 Å². The van der Waals surface area contributed by atoms with Crippen LogP contribution in [-0.2, 0) is 16.6 Å². The lowest BCUT2D eigenvalue weighted by Gasteiger charge is -2.14. The van der Waals surface area contributed by atoms with Crippen LogP contribution in [0.4, 0.5) is 5.82 Å². The van der Waals surface area contributed by atoms with Crippen LogP contribution < -0.4 is 5.32 Å². The van der Waals surface area contributed by atoms with Gasteiger partial charge in [-0.2, -0.15) is 5.10 Å². The van der Waals surface area contributed by atoms with E-state index in [4.69, 9.17) is 16.3 Å². The number of benzene rings is 1. The molecule has 4 atom stereocenters. The summed E-state index contributed by atoms with van der Waals surface area (Å²) in [5.41, 5.74) is 2.15. The van der Waals surface area contributed by atoms with E-state index in [9.17, 15) is 4.79 Å². The lowest BCUT2D eigenvalue weighted by Crippen LogP contribution is -2.16. The first-order valence-corrected chi connectivity index (χ1v) is 10.7. The molecule has 0 spiro atoms. The predicted molar refractivity (Wildman–Crippen MR) is 119 cm³/mol. The molecule has 158 valence electrons. The minimum absolute atomic E-state index is 0.0180. The second-order valence-corrected chi connectivity index (χ2v) is 8.61. The molecule has 1 aliphatic rings. The number of ether oxygens (including phenoxy) is 1. The van der Waals surface area contributed by atoms with Crippen LogP contribution in [0.25, 0.3) is 10.8 Å². The summed E-state index contributed by atoms with van der Waals surface area (Å²) in [5, 5.41) is 9.91. The number of amides is 1. The highest BCUT2D eigenvalue weighted by atomic mass is 35.5. The summed E-state index contributed by atoms with van der Waals surface area (Å²) in [6, 6.07) is 5.89. The number of pyridine rings is 1. The highest BCUT2D eigenvalue weighted by Crippen LogP contribution is 2.56. The Labute approximate surface area is 181 Å². The Kier molecular flexibility index (Phi) is 5.80. The number of hydrogen-bond donors (Lipinski definition) is 1. The maximum absolute atomic E-state index is 13.0. The molecular weight excluding hydrogens is 400 g/mol. The Morgan fingerprint density at radius 3 is 2.77 bits per heavy atom. The van der Waals surface area contributed by atoms with Gasteiger partial charge in [-0.3, -0.25) is 9.48 Å². The molecule has 1 amide bonds. The number of hydrogen-bond acceptors (Lipinski definition) is 4. The number of methoxy groups -OCH3 is 1. The Morgan fingerprint density at radius 2 is 2.10 bits per heavy atom. The highest BCUT2D eigenvalue weighted by Gasteiger charge is 2.54. The summed E-state index contributed by atoms with van der Waals surface area (Å²) < 4.78 is 7.05. The maximum atomic E-state index is 13.0. The molecule has 1 aliphatic carbocycles. The molecule has 1 fully saturated rings. The van der Waals surface area contributed by atoms with Crippen LogP contribution >= 0.6 is 11.6 Å². The monoisotopic (exact) mass is 426 g/mol. The Hall–Kier alpha value is -2.44. The van der Waals surface area contributed by atoms with Gasteiger partial charge in [0.25, 0.3) is 0 Å². The van der Waals surface area contributed by atoms with Crippen LogP contribution in [0.2, 0.25) is 5.02 Å². The van der Waals surface area contributed by atoms with Gasteiger partial charge < -0.3 is 10.1 Å². The number of carbonyl (C=O) groups excluding carboxylic acids is 1. The number of aryl methyl sites for hydroxylation is 1. The molecule has 0 aliphatic heterocycles. The van der Waals surface area contributed by atoms with Crippen LogP contribution in [0.3, 0.4) is 0 Å². The van der Waals surface area contributed by atoms with Crippen molar-refractivity contribution >= 4 is 34.1 Å². The third kappa shape index (κ3) is 3.94. The average Bonchev–Trinajstić information content (AvgIpc) is 3.31. The van der Waals surface area contributed by atoms with Crippen molar-refractivity contribution in [3.63, 3.8) is 0 Å². The number of fused-ring (bicyclic) bond motifs is 1. The maximum Gasteiger partial charge on any atom is 0.229 e. The fourth-order valence-corrected chi connectivity index (χ4v) is 4.84. The first kappa shape index (κ1) is 20.8. The molecule has 3 aromatic rings. The highest BCUT2D eigenvalue weighted by molar-refractivity contribution is 6.32. The minimum Gasteiger partial charge on any atom is -0.384 e. The summed E-state index contributed by atoms with van der Waals surface area (Å²) in [7, 11) is 3.58. The summed E-state index contributed by atoms with van der Waals surface area (Å²) in [5.74, 6) is 1.28. The van der Waals surface area contributed by atoms with E-state index in [2.05, 4.69) is 35.3 Å². The van der Waals surface area contributed by atoms with Crippen molar-refractivity contribution in [1.82, 2.24) is 14.8 Å². The van der Waals surface area contributed by atoms with E-state index >= 15 is 0 Å². The molecular formula is C23H27ClN4O2. The molecule has 1 saturated carbocycles. The lowest BCUT2D eigenvalue weighted by molar-refractivity contribution is -0.117. The number of carbonyl (C=O) groups is 1. The zero-order valence-corrected chi connectivity index (χ0v) is 18.5. The van der Waals surface area contributed by atoms with E-state index in [0.717, 1.165) is 28.3 Å². The SMILES string of the molecule is CC[C@H]1C(c2cnn(C)c2)[C@H]1C(=O)Nc1cc2cc([C@H](C)COC)c(Cl)cc2cn1. The molecule has 1 aromatic carbocycles. The third-order valence-corrected chi connectivity index (χ3v) is 6.42. The molecule has 7 heteroatoms. The van der Waals surface area contributed by atoms with Gasteiger partial charge in [0.15, 0.2) is 0 Å². The average molecular weight is 427 g/mol. The van der Waals surface area contributed by atoms with Crippen molar-refractivity contribution < 1.29 is 9.53 Å². The molecule has 30 heavy (non-hydrogen) atoms. The van der Waals surface area contributed by atoms with E-state index in [1.54, 1.807) is 18.0 Å². The standard InChI is InChI=1S/C23H27ClN4O2/c1-5-17-21(16-10-26-28(3)11-16)22(17)23(29)27-20-8-14-6-18(13(2)12-30-4)19(24)7-15(14)9-25-20/h6-11,13,17,21-22H,5,12H2,1-4H3,(H,25,27,29)/t13-,17+,21?,22+/m1/s1. The van der Waals surface area contributed by atoms with Crippen molar-refractivity contribution in [3.8, 4) is 0 Å². The second-order valence-electron chi connectivity index (χ2n) is 8.21. The van der Waals surface area contributed by atoms with Crippen LogP contribution in [0, 0.1) is 11.8 Å². The van der Waals surface area contributed by atoms with Crippen LogP contribution in [-0.4, -0.2) is 34.4 Å². The molecule has 0 radical (unpaired) electrons. The zero-order chi connectivity index (χ0) is 21.4. The van der Waals surface area contributed by atoms with Gasteiger partial charge in [-0.15, -0.1) is 0 Å². The number of anilines is 1. The van der Waals surface area contributed by atoms with Crippen LogP contribution in [0.1, 0.15) is 43.2 Å². The van der Waals surface area contributed by atoms with E-state index in [0.29, 0.717) is 23.4 Å². The summed E-state index contributed by atoms with van der Waals surface area (Å²) in [6.45, 7) is 4.80. The fourth-order valence-electron chi connectivity index (χ4n) is 4.48. The third-order valence-electron chi connectivity index (χ3n) is 6.09. The van der Waals surface area contributed by atoms with Gasteiger partial charge >= 0.3 is 0 Å². The number of nitrogens with zero attached hydrogens (tertiary/aromatic N) is 3. The summed E-state index contributed by atoms with van der Waals surface area (Å²) in [6.07, 6.45) is 6.58. The molecule has 1 N–H and O–H groups in total. The lowest BCUT2D eigenvalue weighted by atomic mass is 9.99. The van der Waals surface area contributed by atoms with Crippen LogP contribution in [0.5, 0.6) is 0 Å². The molecule has 2 aromatic heterocycles. The quantitative estimate of drug-likeness (QED) is 0.591. The van der Waals surface area contributed by atoms with Gasteiger partial charge in [0.2, 0.25) is 5.91 Å². The zero-order valence-electron chi connectivity index (χ0n) is 17.7. The molecule has 0 bridgehead atoms. The molecule has 4 rings (SSSR count). The van der Waals surface area contributed by atoms with E-state index in [1.807, 2.05) is 31.6 Å². The number of aromatic nitrogens is 3. The van der Waals surface area contributed by atoms with Gasteiger partial charge in [0.1, 0.15) is 5.82 Å². The summed E-state index contributed by atoms with van der Waals surface area (Å²) >= 11 is 6.46. The van der Waals surface area contributed by atoms with E-state index in [-0.39, 0.29) is 23.7 Å². The number of rotatable bonds is 7. The second kappa shape index (κ2) is 8.36. The van der Waals surface area contributed by atoms with Gasteiger partial charge in [-0.1, -0.05) is 31.9 Å². The topological polar surface area (TPSA) is 69.0 Å². The molecule has 6 nitrogen and oxygen atoms in total. The summed E-state index contributed by atoms with van der Waals surface area (Å²) in [4.78, 5) is 17.4. The first-order valence-electron chi connectivity index (χ1n) is 10.3. The van der Waals surface area contributed by atoms with Gasteiger partial charge in [0, 0.05) is 54.7 Å². The Morgan fingerprint density at radius 1 is 1.30 bits per heavy atom. The Balaban J connectivity index is 1.54. The molecule has 0 saturated heterocycles. The smallest absolute Gasteiger partial charge is 0.229 e. The van der Waals surface area contributed by atoms with Crippen molar-refractivity contribution in [2.24, 2.45) is 18.9 Å². The molecule has 1 unspecified atom stereocenters. The largest absolute Gasteiger partial charge is 0.384 e. The Bertz CT molecular complexity index is 1080. The van der Waals surface area contributed by atoms with Crippen molar-refractivity contribution in [3.05, 3.63) is 52.9 Å². The van der Waals surface area contributed by atoms with Gasteiger partial charge in [-0.05, 0) is 40.6 Å². The minimum atomic E-state index is -0.0424. The number of halogens is 1. The predicted octanol–water partition coefficient (Wildman–Crippen LogP) is 4.75.